The molecule has 178 valence electrons. The Hall–Kier alpha value is -2.88. The molecule has 0 spiro atoms. The molecule has 0 saturated carbocycles. The summed E-state index contributed by atoms with van der Waals surface area (Å²) in [5.74, 6) is -0.355. The van der Waals surface area contributed by atoms with Gasteiger partial charge in [-0.25, -0.2) is 14.9 Å². The Bertz CT molecular complexity index is 718. The Labute approximate surface area is 189 Å². The van der Waals surface area contributed by atoms with E-state index in [1.807, 2.05) is 35.8 Å². The molecule has 10 heteroatoms. The molecule has 0 bridgehead atoms. The summed E-state index contributed by atoms with van der Waals surface area (Å²) in [5.41, 5.74) is 2.77. The number of guanidine groups is 1. The standard InChI is InChI=1S/C22H35N5O5/c1-2-3-4-5-6-10-16-31-20-19(14-11-15-26(20)21(23)25-27(29)30)24-22(28)32-17-18-12-8-7-9-13-18/h7-9,12-13,19-20H,2-6,10-11,14-17H2,1H3,(H2,23,25)(H,24,28)/t19-,20-/m0/s1. The molecule has 1 aromatic rings. The van der Waals surface area contributed by atoms with Crippen molar-refractivity contribution in [3.63, 3.8) is 0 Å². The van der Waals surface area contributed by atoms with Gasteiger partial charge in [-0.1, -0.05) is 74.8 Å². The average Bonchev–Trinajstić information content (AvgIpc) is 2.78. The third-order valence-corrected chi connectivity index (χ3v) is 5.35. The number of ether oxygens (including phenoxy) is 2. The number of alkyl carbamates (subject to hydrolysis) is 1. The molecule has 2 rings (SSSR count). The molecule has 1 aromatic carbocycles. The number of hydrazine groups is 1. The van der Waals surface area contributed by atoms with Crippen LogP contribution in [0.2, 0.25) is 0 Å². The van der Waals surface area contributed by atoms with Crippen molar-refractivity contribution in [3.05, 3.63) is 46.0 Å². The highest BCUT2D eigenvalue weighted by molar-refractivity contribution is 5.76. The number of benzene rings is 1. The first-order valence-electron chi connectivity index (χ1n) is 11.4. The van der Waals surface area contributed by atoms with E-state index in [0.717, 1.165) is 24.8 Å². The lowest BCUT2D eigenvalue weighted by Crippen LogP contribution is -2.60. The maximum atomic E-state index is 12.4. The molecule has 10 nitrogen and oxygen atoms in total. The lowest BCUT2D eigenvalue weighted by Gasteiger charge is -2.41. The van der Waals surface area contributed by atoms with Crippen LogP contribution in [0.1, 0.15) is 63.9 Å². The fourth-order valence-electron chi connectivity index (χ4n) is 3.71. The monoisotopic (exact) mass is 449 g/mol. The van der Waals surface area contributed by atoms with Gasteiger partial charge in [-0.3, -0.25) is 5.41 Å². The summed E-state index contributed by atoms with van der Waals surface area (Å²) in [4.78, 5) is 24.7. The summed E-state index contributed by atoms with van der Waals surface area (Å²) in [6.07, 6.45) is 6.66. The first kappa shape index (κ1) is 25.4. The first-order chi connectivity index (χ1) is 15.5. The maximum absolute atomic E-state index is 12.4. The van der Waals surface area contributed by atoms with Gasteiger partial charge in [0.1, 0.15) is 6.61 Å². The highest BCUT2D eigenvalue weighted by atomic mass is 16.7. The zero-order chi connectivity index (χ0) is 23.2. The number of nitro groups is 1. The SMILES string of the molecule is CCCCCCCCO[C@H]1[C@@H](NC(=O)OCc2ccccc2)CCCN1C(=N)N[N+](=O)[O-]. The van der Waals surface area contributed by atoms with E-state index in [1.165, 1.54) is 24.2 Å². The minimum Gasteiger partial charge on any atom is -0.445 e. The smallest absolute Gasteiger partial charge is 0.407 e. The van der Waals surface area contributed by atoms with Gasteiger partial charge in [-0.15, -0.1) is 0 Å². The number of carbonyl (C=O) groups excluding carboxylic acids is 1. The number of hydrogen-bond acceptors (Lipinski definition) is 6. The van der Waals surface area contributed by atoms with Gasteiger partial charge in [0.15, 0.2) is 11.3 Å². The summed E-state index contributed by atoms with van der Waals surface area (Å²) in [6.45, 7) is 3.20. The molecular weight excluding hydrogens is 414 g/mol. The fraction of sp³-hybridized carbons (Fsp3) is 0.636. The lowest BCUT2D eigenvalue weighted by molar-refractivity contribution is -0.527. The molecule has 1 saturated heterocycles. The molecule has 0 aliphatic carbocycles. The first-order valence-corrected chi connectivity index (χ1v) is 11.4. The van der Waals surface area contributed by atoms with E-state index in [0.29, 0.717) is 26.0 Å². The minimum absolute atomic E-state index is 0.144. The van der Waals surface area contributed by atoms with Crippen molar-refractivity contribution in [2.75, 3.05) is 13.2 Å². The molecule has 3 N–H and O–H groups in total. The van der Waals surface area contributed by atoms with Crippen LogP contribution in [0.15, 0.2) is 30.3 Å². The summed E-state index contributed by atoms with van der Waals surface area (Å²) in [7, 11) is 0. The van der Waals surface area contributed by atoms with Crippen molar-refractivity contribution in [2.24, 2.45) is 0 Å². The predicted octanol–water partition coefficient (Wildman–Crippen LogP) is 3.80. The van der Waals surface area contributed by atoms with Crippen LogP contribution in [-0.4, -0.2) is 47.4 Å². The molecule has 0 aromatic heterocycles. The van der Waals surface area contributed by atoms with Gasteiger partial charge >= 0.3 is 6.09 Å². The van der Waals surface area contributed by atoms with E-state index in [2.05, 4.69) is 12.2 Å². The largest absolute Gasteiger partial charge is 0.445 e. The topological polar surface area (TPSA) is 130 Å². The minimum atomic E-state index is -0.766. The van der Waals surface area contributed by atoms with Gasteiger partial charge in [0, 0.05) is 13.2 Å². The number of piperidine rings is 1. The molecule has 1 amide bonds. The van der Waals surface area contributed by atoms with Gasteiger partial charge in [-0.05, 0) is 24.8 Å². The highest BCUT2D eigenvalue weighted by Gasteiger charge is 2.36. The zero-order valence-corrected chi connectivity index (χ0v) is 18.8. The van der Waals surface area contributed by atoms with E-state index in [-0.39, 0.29) is 12.6 Å². The highest BCUT2D eigenvalue weighted by Crippen LogP contribution is 2.20. The Morgan fingerprint density at radius 1 is 1.22 bits per heavy atom. The quantitative estimate of drug-likeness (QED) is 0.145. The van der Waals surface area contributed by atoms with Crippen molar-refractivity contribution in [2.45, 2.75) is 77.2 Å². The molecular formula is C22H35N5O5. The van der Waals surface area contributed by atoms with Crippen LogP contribution in [-0.2, 0) is 16.1 Å². The van der Waals surface area contributed by atoms with Crippen LogP contribution in [0, 0.1) is 15.5 Å². The van der Waals surface area contributed by atoms with Crippen molar-refractivity contribution >= 4 is 12.1 Å². The summed E-state index contributed by atoms with van der Waals surface area (Å²) < 4.78 is 11.4. The molecule has 1 aliphatic rings. The number of nitrogens with one attached hydrogen (secondary N) is 3. The van der Waals surface area contributed by atoms with E-state index in [1.54, 1.807) is 0 Å². The number of unbranched alkanes of at least 4 members (excludes halogenated alkanes) is 5. The lowest BCUT2D eigenvalue weighted by atomic mass is 10.0. The third-order valence-electron chi connectivity index (χ3n) is 5.35. The van der Waals surface area contributed by atoms with Crippen molar-refractivity contribution in [1.29, 1.82) is 5.41 Å². The Balaban J connectivity index is 1.92. The molecule has 1 fully saturated rings. The normalized spacial score (nSPS) is 18.1. The van der Waals surface area contributed by atoms with Crippen molar-refractivity contribution in [3.8, 4) is 0 Å². The van der Waals surface area contributed by atoms with Crippen LogP contribution < -0.4 is 10.7 Å². The Kier molecular flexibility index (Phi) is 11.3. The number of rotatable bonds is 12. The fourth-order valence-corrected chi connectivity index (χ4v) is 3.71. The van der Waals surface area contributed by atoms with Crippen molar-refractivity contribution < 1.29 is 19.3 Å². The summed E-state index contributed by atoms with van der Waals surface area (Å²) in [6, 6.07) is 8.92. The Morgan fingerprint density at radius 2 is 1.94 bits per heavy atom. The summed E-state index contributed by atoms with van der Waals surface area (Å²) in [5, 5.41) is 20.9. The van der Waals surface area contributed by atoms with Crippen LogP contribution in [0.4, 0.5) is 4.79 Å². The number of carbonyl (C=O) groups is 1. The van der Waals surface area contributed by atoms with E-state index < -0.39 is 23.4 Å². The Morgan fingerprint density at radius 3 is 2.66 bits per heavy atom. The molecule has 0 unspecified atom stereocenters. The predicted molar refractivity (Wildman–Crippen MR) is 120 cm³/mol. The average molecular weight is 450 g/mol. The second-order valence-electron chi connectivity index (χ2n) is 7.89. The zero-order valence-electron chi connectivity index (χ0n) is 18.8. The maximum Gasteiger partial charge on any atom is 0.407 e. The van der Waals surface area contributed by atoms with Crippen LogP contribution in [0.5, 0.6) is 0 Å². The number of nitrogens with zero attached hydrogens (tertiary/aromatic N) is 2. The molecule has 0 radical (unpaired) electrons. The number of likely N-dealkylation sites (tertiary alicyclic amines) is 1. The molecule has 1 aliphatic heterocycles. The molecule has 1 heterocycles. The van der Waals surface area contributed by atoms with Crippen LogP contribution in [0.25, 0.3) is 0 Å². The second-order valence-corrected chi connectivity index (χ2v) is 7.89. The molecule has 32 heavy (non-hydrogen) atoms. The van der Waals surface area contributed by atoms with E-state index in [9.17, 15) is 14.9 Å². The van der Waals surface area contributed by atoms with Crippen molar-refractivity contribution in [1.82, 2.24) is 15.6 Å². The van der Waals surface area contributed by atoms with Gasteiger partial charge in [-0.2, -0.15) is 0 Å². The van der Waals surface area contributed by atoms with Crippen LogP contribution in [0.3, 0.4) is 0 Å². The number of hydrogen-bond donors (Lipinski definition) is 3. The second kappa shape index (κ2) is 14.2. The third kappa shape index (κ3) is 9.09. The van der Waals surface area contributed by atoms with Gasteiger partial charge in [0.2, 0.25) is 0 Å². The van der Waals surface area contributed by atoms with Gasteiger partial charge in [0.25, 0.3) is 5.96 Å². The summed E-state index contributed by atoms with van der Waals surface area (Å²) >= 11 is 0. The van der Waals surface area contributed by atoms with Crippen LogP contribution >= 0.6 is 0 Å². The molecule has 2 atom stereocenters. The van der Waals surface area contributed by atoms with Gasteiger partial charge in [0.05, 0.1) is 6.04 Å². The van der Waals surface area contributed by atoms with E-state index >= 15 is 0 Å². The van der Waals surface area contributed by atoms with Gasteiger partial charge < -0.3 is 19.7 Å². The number of amides is 1. The van der Waals surface area contributed by atoms with E-state index in [4.69, 9.17) is 14.9 Å².